The zero-order chi connectivity index (χ0) is 22.1. The van der Waals surface area contributed by atoms with Crippen LogP contribution in [0.3, 0.4) is 0 Å². The molecule has 1 saturated heterocycles. The minimum atomic E-state index is -0.929. The van der Waals surface area contributed by atoms with Crippen LogP contribution < -0.4 is 10.6 Å². The zero-order valence-corrected chi connectivity index (χ0v) is 18.3. The summed E-state index contributed by atoms with van der Waals surface area (Å²) in [6, 6.07) is 2.34. The number of aromatic nitrogens is 3. The Kier molecular flexibility index (Phi) is 5.65. The molecular formula is C23H29N7O2. The smallest absolute Gasteiger partial charge is 0.352 e. The summed E-state index contributed by atoms with van der Waals surface area (Å²) in [6.45, 7) is 5.19. The van der Waals surface area contributed by atoms with Crippen molar-refractivity contribution >= 4 is 29.2 Å². The van der Waals surface area contributed by atoms with Crippen molar-refractivity contribution in [3.8, 4) is 0 Å². The molecule has 0 unspecified atom stereocenters. The van der Waals surface area contributed by atoms with Gasteiger partial charge in [0, 0.05) is 55.7 Å². The van der Waals surface area contributed by atoms with Gasteiger partial charge in [0.15, 0.2) is 0 Å². The van der Waals surface area contributed by atoms with Crippen LogP contribution in [0.1, 0.15) is 55.6 Å². The summed E-state index contributed by atoms with van der Waals surface area (Å²) < 4.78 is 1.88. The number of aromatic carboxylic acids is 1. The predicted molar refractivity (Wildman–Crippen MR) is 124 cm³/mol. The van der Waals surface area contributed by atoms with E-state index in [1.807, 2.05) is 16.9 Å². The number of carbonyl (C=O) groups is 1. The molecule has 5 rings (SSSR count). The number of carboxylic acid groups (broad SMARTS) is 1. The third-order valence-corrected chi connectivity index (χ3v) is 6.37. The molecule has 3 N–H and O–H groups in total. The standard InChI is InChI=1S/C23H29N7O2/c1-15-13-29(9-8-24-15)14-16-6-7-20(25-11-16)27-23-26-12-17-10-19(22(31)32)30(21(17)28-23)18-4-2-3-5-18/h7,10-12,14-15,18,24H,2-6,8-9,13H2,1H3,(H,31,32)(H,26,27,28)/t15-/m0/s1. The fourth-order valence-corrected chi connectivity index (χ4v) is 4.84. The summed E-state index contributed by atoms with van der Waals surface area (Å²) >= 11 is 0. The second kappa shape index (κ2) is 8.74. The van der Waals surface area contributed by atoms with E-state index in [1.165, 1.54) is 5.57 Å². The first kappa shape index (κ1) is 20.7. The van der Waals surface area contributed by atoms with Crippen LogP contribution in [0.4, 0.5) is 5.95 Å². The van der Waals surface area contributed by atoms with Gasteiger partial charge in [-0.15, -0.1) is 0 Å². The van der Waals surface area contributed by atoms with Gasteiger partial charge in [-0.1, -0.05) is 12.8 Å². The third-order valence-electron chi connectivity index (χ3n) is 6.37. The average Bonchev–Trinajstić information content (AvgIpc) is 3.42. The number of nitrogens with one attached hydrogen (secondary N) is 2. The number of piperazine rings is 1. The van der Waals surface area contributed by atoms with Crippen LogP contribution in [0.25, 0.3) is 11.0 Å². The van der Waals surface area contributed by atoms with E-state index in [0.29, 0.717) is 23.5 Å². The molecule has 1 saturated carbocycles. The molecule has 1 atom stereocenters. The Morgan fingerprint density at radius 3 is 2.91 bits per heavy atom. The van der Waals surface area contributed by atoms with Crippen molar-refractivity contribution in [3.05, 3.63) is 41.6 Å². The van der Waals surface area contributed by atoms with Crippen molar-refractivity contribution in [2.75, 3.05) is 25.0 Å². The molecule has 2 aromatic heterocycles. The maximum absolute atomic E-state index is 11.8. The molecule has 0 bridgehead atoms. The molecule has 3 aliphatic rings. The van der Waals surface area contributed by atoms with Crippen molar-refractivity contribution in [2.45, 2.75) is 51.1 Å². The quantitative estimate of drug-likeness (QED) is 0.662. The fourth-order valence-electron chi connectivity index (χ4n) is 4.84. The van der Waals surface area contributed by atoms with E-state index in [9.17, 15) is 9.90 Å². The molecule has 0 amide bonds. The molecule has 0 radical (unpaired) electrons. The molecule has 9 nitrogen and oxygen atoms in total. The van der Waals surface area contributed by atoms with Gasteiger partial charge in [0.05, 0.1) is 0 Å². The monoisotopic (exact) mass is 435 g/mol. The van der Waals surface area contributed by atoms with Gasteiger partial charge in [0.1, 0.15) is 17.2 Å². The average molecular weight is 436 g/mol. The van der Waals surface area contributed by atoms with Gasteiger partial charge in [0.25, 0.3) is 0 Å². The summed E-state index contributed by atoms with van der Waals surface area (Å²) in [5.41, 5.74) is 2.12. The highest BCUT2D eigenvalue weighted by Crippen LogP contribution is 2.34. The van der Waals surface area contributed by atoms with Crippen LogP contribution in [0.15, 0.2) is 40.9 Å². The maximum Gasteiger partial charge on any atom is 0.352 e. The normalized spacial score (nSPS) is 23.2. The highest BCUT2D eigenvalue weighted by Gasteiger charge is 2.25. The summed E-state index contributed by atoms with van der Waals surface area (Å²) in [6.07, 6.45) is 12.8. The lowest BCUT2D eigenvalue weighted by Gasteiger charge is -2.31. The van der Waals surface area contributed by atoms with Gasteiger partial charge in [-0.3, -0.25) is 0 Å². The largest absolute Gasteiger partial charge is 0.477 e. The second-order valence-electron chi connectivity index (χ2n) is 8.85. The molecular weight excluding hydrogens is 406 g/mol. The molecule has 4 heterocycles. The van der Waals surface area contributed by atoms with Gasteiger partial charge in [0.2, 0.25) is 5.95 Å². The molecule has 2 aliphatic heterocycles. The van der Waals surface area contributed by atoms with E-state index in [4.69, 9.17) is 0 Å². The summed E-state index contributed by atoms with van der Waals surface area (Å²) in [5.74, 6) is 0.202. The Balaban J connectivity index is 1.33. The molecule has 32 heavy (non-hydrogen) atoms. The first-order chi connectivity index (χ1) is 15.6. The minimum Gasteiger partial charge on any atom is -0.477 e. The molecule has 9 heteroatoms. The van der Waals surface area contributed by atoms with Crippen LogP contribution in [0.2, 0.25) is 0 Å². The number of hydrogen-bond donors (Lipinski definition) is 3. The SMILES string of the molecule is C[C@H]1CN(C=C2C=NC(Nc3ncc4cc(C(=O)O)n(C5CCCC5)c4n3)=CC2)CCN1. The van der Waals surface area contributed by atoms with Crippen molar-refractivity contribution in [1.29, 1.82) is 0 Å². The molecule has 2 fully saturated rings. The molecule has 2 aromatic rings. The van der Waals surface area contributed by atoms with E-state index in [1.54, 1.807) is 12.3 Å². The first-order valence-corrected chi connectivity index (χ1v) is 11.4. The number of hydrogen-bond acceptors (Lipinski definition) is 7. The van der Waals surface area contributed by atoms with Crippen molar-refractivity contribution in [2.24, 2.45) is 4.99 Å². The number of carboxylic acids is 1. The number of nitrogens with zero attached hydrogens (tertiary/aromatic N) is 5. The van der Waals surface area contributed by atoms with Crippen molar-refractivity contribution < 1.29 is 9.90 Å². The highest BCUT2D eigenvalue weighted by atomic mass is 16.4. The summed E-state index contributed by atoms with van der Waals surface area (Å²) in [4.78, 5) is 27.8. The Bertz CT molecular complexity index is 1110. The highest BCUT2D eigenvalue weighted by molar-refractivity contribution is 5.93. The van der Waals surface area contributed by atoms with Crippen LogP contribution >= 0.6 is 0 Å². The second-order valence-corrected chi connectivity index (χ2v) is 8.85. The molecule has 168 valence electrons. The van der Waals surface area contributed by atoms with E-state index in [-0.39, 0.29) is 11.7 Å². The van der Waals surface area contributed by atoms with Crippen molar-refractivity contribution in [3.63, 3.8) is 0 Å². The van der Waals surface area contributed by atoms with Gasteiger partial charge >= 0.3 is 5.97 Å². The van der Waals surface area contributed by atoms with E-state index < -0.39 is 5.97 Å². The topological polar surface area (TPSA) is 108 Å². The molecule has 1 aliphatic carbocycles. The molecule has 0 aromatic carbocycles. The van der Waals surface area contributed by atoms with Crippen LogP contribution in [0, 0.1) is 0 Å². The Labute approximate surface area is 186 Å². The number of aliphatic imine (C=N–C) groups is 1. The van der Waals surface area contributed by atoms with E-state index in [2.05, 4.69) is 43.6 Å². The number of allylic oxidation sites excluding steroid dienone is 2. The van der Waals surface area contributed by atoms with Gasteiger partial charge in [-0.25, -0.2) is 14.8 Å². The van der Waals surface area contributed by atoms with Crippen LogP contribution in [-0.4, -0.2) is 62.4 Å². The maximum atomic E-state index is 11.8. The lowest BCUT2D eigenvalue weighted by atomic mass is 10.1. The Hall–Kier alpha value is -3.20. The van der Waals surface area contributed by atoms with E-state index in [0.717, 1.165) is 57.1 Å². The first-order valence-electron chi connectivity index (χ1n) is 11.4. The predicted octanol–water partition coefficient (Wildman–Crippen LogP) is 3.15. The number of rotatable bonds is 5. The number of anilines is 1. The Morgan fingerprint density at radius 1 is 1.34 bits per heavy atom. The zero-order valence-electron chi connectivity index (χ0n) is 18.3. The molecule has 0 spiro atoms. The van der Waals surface area contributed by atoms with Crippen molar-refractivity contribution in [1.82, 2.24) is 24.8 Å². The number of fused-ring (bicyclic) bond motifs is 1. The minimum absolute atomic E-state index is 0.175. The lowest BCUT2D eigenvalue weighted by Crippen LogP contribution is -2.47. The summed E-state index contributed by atoms with van der Waals surface area (Å²) in [5, 5.41) is 17.1. The van der Waals surface area contributed by atoms with Gasteiger partial charge < -0.3 is 25.2 Å². The third kappa shape index (κ3) is 4.25. The van der Waals surface area contributed by atoms with E-state index >= 15 is 0 Å². The van der Waals surface area contributed by atoms with Gasteiger partial charge in [-0.05, 0) is 43.9 Å². The van der Waals surface area contributed by atoms with Gasteiger partial charge in [-0.2, -0.15) is 4.98 Å². The summed E-state index contributed by atoms with van der Waals surface area (Å²) in [7, 11) is 0. The van der Waals surface area contributed by atoms with Crippen LogP contribution in [-0.2, 0) is 0 Å². The fraction of sp³-hybridized carbons (Fsp3) is 0.478. The lowest BCUT2D eigenvalue weighted by molar-refractivity contribution is 0.0683. The Morgan fingerprint density at radius 2 is 2.19 bits per heavy atom. The van der Waals surface area contributed by atoms with Crippen LogP contribution in [0.5, 0.6) is 0 Å².